The molecule has 2 amide bonds. The molecule has 1 aromatic heterocycles. The first-order valence-corrected chi connectivity index (χ1v) is 8.29. The molecule has 0 aliphatic carbocycles. The first kappa shape index (κ1) is 17.2. The Kier molecular flexibility index (Phi) is 6.38. The molecule has 1 unspecified atom stereocenters. The number of hydrogen-bond acceptors (Lipinski definition) is 4. The normalized spacial score (nSPS) is 18.5. The number of amides is 2. The summed E-state index contributed by atoms with van der Waals surface area (Å²) >= 11 is 0. The van der Waals surface area contributed by atoms with Gasteiger partial charge in [0.05, 0.1) is 18.7 Å². The largest absolute Gasteiger partial charge is 0.467 e. The minimum Gasteiger partial charge on any atom is -0.467 e. The number of likely N-dealkylation sites (tertiary alicyclic amines) is 1. The summed E-state index contributed by atoms with van der Waals surface area (Å²) < 4.78 is 5.25. The van der Waals surface area contributed by atoms with Gasteiger partial charge in [-0.2, -0.15) is 5.10 Å². The van der Waals surface area contributed by atoms with Gasteiger partial charge in [0.15, 0.2) is 0 Å². The zero-order valence-corrected chi connectivity index (χ0v) is 13.9. The van der Waals surface area contributed by atoms with Crippen molar-refractivity contribution in [3.05, 3.63) is 24.2 Å². The summed E-state index contributed by atoms with van der Waals surface area (Å²) in [4.78, 5) is 25.9. The van der Waals surface area contributed by atoms with E-state index in [1.165, 1.54) is 0 Å². The monoisotopic (exact) mass is 319 g/mol. The zero-order chi connectivity index (χ0) is 16.7. The van der Waals surface area contributed by atoms with E-state index in [1.807, 2.05) is 13.0 Å². The van der Waals surface area contributed by atoms with Crippen molar-refractivity contribution >= 4 is 17.5 Å². The Morgan fingerprint density at radius 3 is 2.96 bits per heavy atom. The molecule has 0 bridgehead atoms. The highest BCUT2D eigenvalue weighted by atomic mass is 16.3. The van der Waals surface area contributed by atoms with Crippen molar-refractivity contribution in [2.75, 3.05) is 6.54 Å². The van der Waals surface area contributed by atoms with Crippen LogP contribution in [0.25, 0.3) is 0 Å². The van der Waals surface area contributed by atoms with E-state index in [4.69, 9.17) is 4.42 Å². The molecule has 0 spiro atoms. The van der Waals surface area contributed by atoms with Gasteiger partial charge in [-0.3, -0.25) is 9.59 Å². The SMILES string of the molecule is CCCC/C(CC)=N/NC(=O)C1CC(=O)N(Cc2ccco2)C1. The molecule has 2 heterocycles. The van der Waals surface area contributed by atoms with Crippen LogP contribution in [0.4, 0.5) is 0 Å². The van der Waals surface area contributed by atoms with E-state index in [0.717, 1.165) is 37.2 Å². The maximum Gasteiger partial charge on any atom is 0.245 e. The van der Waals surface area contributed by atoms with Crippen molar-refractivity contribution in [1.29, 1.82) is 0 Å². The molecule has 0 aromatic carbocycles. The third-order valence-corrected chi connectivity index (χ3v) is 4.06. The quantitative estimate of drug-likeness (QED) is 0.591. The number of nitrogens with one attached hydrogen (secondary N) is 1. The molecule has 1 aliphatic rings. The summed E-state index contributed by atoms with van der Waals surface area (Å²) in [5.74, 6) is 0.186. The van der Waals surface area contributed by atoms with Crippen molar-refractivity contribution in [2.24, 2.45) is 11.0 Å². The Labute approximate surface area is 136 Å². The van der Waals surface area contributed by atoms with E-state index in [-0.39, 0.29) is 24.2 Å². The smallest absolute Gasteiger partial charge is 0.245 e. The maximum atomic E-state index is 12.2. The van der Waals surface area contributed by atoms with Gasteiger partial charge in [-0.15, -0.1) is 0 Å². The number of carbonyl (C=O) groups is 2. The molecule has 0 saturated carbocycles. The van der Waals surface area contributed by atoms with Gasteiger partial charge >= 0.3 is 0 Å². The molecule has 1 atom stereocenters. The van der Waals surface area contributed by atoms with E-state index >= 15 is 0 Å². The van der Waals surface area contributed by atoms with Crippen LogP contribution in [0, 0.1) is 5.92 Å². The van der Waals surface area contributed by atoms with Gasteiger partial charge in [-0.05, 0) is 31.4 Å². The number of rotatable bonds is 8. The summed E-state index contributed by atoms with van der Waals surface area (Å²) in [5.41, 5.74) is 3.63. The Bertz CT molecular complexity index is 551. The molecule has 1 fully saturated rings. The Hall–Kier alpha value is -2.11. The van der Waals surface area contributed by atoms with Crippen molar-refractivity contribution in [3.8, 4) is 0 Å². The van der Waals surface area contributed by atoms with Crippen LogP contribution in [0.3, 0.4) is 0 Å². The fourth-order valence-electron chi connectivity index (χ4n) is 2.61. The van der Waals surface area contributed by atoms with Crippen LogP contribution in [-0.2, 0) is 16.1 Å². The lowest BCUT2D eigenvalue weighted by molar-refractivity contribution is -0.129. The van der Waals surface area contributed by atoms with Crippen molar-refractivity contribution in [1.82, 2.24) is 10.3 Å². The number of carbonyl (C=O) groups excluding carboxylic acids is 2. The molecular formula is C17H25N3O3. The van der Waals surface area contributed by atoms with Crippen molar-refractivity contribution in [3.63, 3.8) is 0 Å². The number of hydrazone groups is 1. The molecule has 1 aromatic rings. The van der Waals surface area contributed by atoms with Crippen molar-refractivity contribution in [2.45, 2.75) is 52.5 Å². The Morgan fingerprint density at radius 1 is 1.48 bits per heavy atom. The molecule has 6 nitrogen and oxygen atoms in total. The number of nitrogens with zero attached hydrogens (tertiary/aromatic N) is 2. The number of furan rings is 1. The summed E-state index contributed by atoms with van der Waals surface area (Å²) in [6.45, 7) is 4.99. The van der Waals surface area contributed by atoms with E-state index in [0.29, 0.717) is 13.1 Å². The van der Waals surface area contributed by atoms with E-state index < -0.39 is 0 Å². The van der Waals surface area contributed by atoms with Gasteiger partial charge in [-0.1, -0.05) is 20.3 Å². The Balaban J connectivity index is 1.86. The van der Waals surface area contributed by atoms with Crippen LogP contribution < -0.4 is 5.43 Å². The molecule has 23 heavy (non-hydrogen) atoms. The highest BCUT2D eigenvalue weighted by molar-refractivity contribution is 5.90. The summed E-state index contributed by atoms with van der Waals surface area (Å²) in [5, 5.41) is 4.22. The van der Waals surface area contributed by atoms with E-state index in [1.54, 1.807) is 17.2 Å². The maximum absolute atomic E-state index is 12.2. The van der Waals surface area contributed by atoms with Crippen LogP contribution in [0.5, 0.6) is 0 Å². The standard InChI is InChI=1S/C17H25N3O3/c1-3-5-7-14(4-2)18-19-17(22)13-10-16(21)20(11-13)12-15-8-6-9-23-15/h6,8-9,13H,3-5,7,10-12H2,1-2H3,(H,19,22)/b18-14+. The average molecular weight is 319 g/mol. The fraction of sp³-hybridized carbons (Fsp3) is 0.588. The predicted molar refractivity (Wildman–Crippen MR) is 87.6 cm³/mol. The van der Waals surface area contributed by atoms with Crippen LogP contribution in [-0.4, -0.2) is 29.0 Å². The lowest BCUT2D eigenvalue weighted by Crippen LogP contribution is -2.30. The summed E-state index contributed by atoms with van der Waals surface area (Å²) in [7, 11) is 0. The topological polar surface area (TPSA) is 74.9 Å². The van der Waals surface area contributed by atoms with Gasteiger partial charge < -0.3 is 9.32 Å². The summed E-state index contributed by atoms with van der Waals surface area (Å²) in [6, 6.07) is 3.61. The Morgan fingerprint density at radius 2 is 2.30 bits per heavy atom. The van der Waals surface area contributed by atoms with E-state index in [2.05, 4.69) is 17.5 Å². The first-order chi connectivity index (χ1) is 11.1. The molecule has 6 heteroatoms. The second-order valence-electron chi connectivity index (χ2n) is 5.87. The molecule has 2 rings (SSSR count). The van der Waals surface area contributed by atoms with Gasteiger partial charge in [0.25, 0.3) is 0 Å². The van der Waals surface area contributed by atoms with Crippen LogP contribution >= 0.6 is 0 Å². The minimum atomic E-state index is -0.342. The highest BCUT2D eigenvalue weighted by Gasteiger charge is 2.34. The number of hydrogen-bond donors (Lipinski definition) is 1. The first-order valence-electron chi connectivity index (χ1n) is 8.29. The molecular weight excluding hydrogens is 294 g/mol. The summed E-state index contributed by atoms with van der Waals surface area (Å²) in [6.07, 6.45) is 5.72. The second-order valence-corrected chi connectivity index (χ2v) is 5.87. The van der Waals surface area contributed by atoms with Gasteiger partial charge in [-0.25, -0.2) is 5.43 Å². The molecule has 1 saturated heterocycles. The van der Waals surface area contributed by atoms with Gasteiger partial charge in [0.1, 0.15) is 5.76 Å². The zero-order valence-electron chi connectivity index (χ0n) is 13.9. The molecule has 0 radical (unpaired) electrons. The third-order valence-electron chi connectivity index (χ3n) is 4.06. The van der Waals surface area contributed by atoms with Gasteiger partial charge in [0, 0.05) is 18.7 Å². The third kappa shape index (κ3) is 4.94. The molecule has 126 valence electrons. The number of unbranched alkanes of at least 4 members (excludes halogenated alkanes) is 1. The second kappa shape index (κ2) is 8.50. The minimum absolute atomic E-state index is 0.0211. The van der Waals surface area contributed by atoms with Crippen LogP contribution in [0.1, 0.15) is 51.7 Å². The molecule has 1 aliphatic heterocycles. The van der Waals surface area contributed by atoms with Crippen LogP contribution in [0.15, 0.2) is 27.9 Å². The fourth-order valence-corrected chi connectivity index (χ4v) is 2.61. The molecule has 1 N–H and O–H groups in total. The predicted octanol–water partition coefficient (Wildman–Crippen LogP) is 2.70. The van der Waals surface area contributed by atoms with Crippen molar-refractivity contribution < 1.29 is 14.0 Å². The average Bonchev–Trinajstić information content (AvgIpc) is 3.18. The highest BCUT2D eigenvalue weighted by Crippen LogP contribution is 2.20. The lowest BCUT2D eigenvalue weighted by atomic mass is 10.1. The van der Waals surface area contributed by atoms with Crippen LogP contribution in [0.2, 0.25) is 0 Å². The van der Waals surface area contributed by atoms with Gasteiger partial charge in [0.2, 0.25) is 11.8 Å². The lowest BCUT2D eigenvalue weighted by Gasteiger charge is -2.14. The van der Waals surface area contributed by atoms with E-state index in [9.17, 15) is 9.59 Å².